The van der Waals surface area contributed by atoms with E-state index in [0.717, 1.165) is 16.8 Å². The van der Waals surface area contributed by atoms with E-state index in [9.17, 15) is 10.1 Å². The Morgan fingerprint density at radius 3 is 2.44 bits per heavy atom. The summed E-state index contributed by atoms with van der Waals surface area (Å²) in [7, 11) is 3.43. The molecule has 1 rings (SSSR count). The number of nitriles is 1. The Morgan fingerprint density at radius 2 is 1.94 bits per heavy atom. The lowest BCUT2D eigenvalue weighted by Gasteiger charge is -2.12. The number of nitrogens with zero attached hydrogens (tertiary/aromatic N) is 3. The van der Waals surface area contributed by atoms with Gasteiger partial charge in [0.1, 0.15) is 11.1 Å². The van der Waals surface area contributed by atoms with Crippen molar-refractivity contribution in [2.45, 2.75) is 25.8 Å². The zero-order chi connectivity index (χ0) is 13.9. The molecular weight excluding hydrogens is 246 g/mol. The molecule has 0 aliphatic rings. The minimum Gasteiger partial charge on any atom is -0.348 e. The quantitative estimate of drug-likeness (QED) is 0.783. The van der Waals surface area contributed by atoms with Gasteiger partial charge in [0, 0.05) is 19.8 Å². The predicted octanol–water partition coefficient (Wildman–Crippen LogP) is 2.06. The number of carbonyl (C=O) groups is 1. The first-order chi connectivity index (χ1) is 8.38. The second kappa shape index (κ2) is 5.87. The molecular formula is C13H17N3OS. The van der Waals surface area contributed by atoms with E-state index >= 15 is 0 Å². The maximum atomic E-state index is 11.5. The van der Waals surface area contributed by atoms with E-state index in [1.165, 1.54) is 16.7 Å². The van der Waals surface area contributed by atoms with Gasteiger partial charge in [0.05, 0.1) is 11.3 Å². The molecule has 4 nitrogen and oxygen atoms in total. The molecule has 96 valence electrons. The smallest absolute Gasteiger partial charge is 0.232 e. The molecule has 0 bridgehead atoms. The Hall–Kier alpha value is -1.54. The fourth-order valence-corrected chi connectivity index (χ4v) is 2.47. The number of rotatable bonds is 3. The van der Waals surface area contributed by atoms with Crippen LogP contribution in [0.25, 0.3) is 0 Å². The normalized spacial score (nSPS) is 10.0. The predicted molar refractivity (Wildman–Crippen MR) is 72.6 cm³/mol. The molecule has 0 N–H and O–H groups in total. The highest BCUT2D eigenvalue weighted by Crippen LogP contribution is 2.26. The van der Waals surface area contributed by atoms with E-state index in [0.29, 0.717) is 16.3 Å². The largest absolute Gasteiger partial charge is 0.348 e. The fourth-order valence-electron chi connectivity index (χ4n) is 1.41. The molecule has 0 aliphatic carbocycles. The van der Waals surface area contributed by atoms with Gasteiger partial charge in [0.15, 0.2) is 0 Å². The summed E-state index contributed by atoms with van der Waals surface area (Å²) in [6.45, 7) is 5.79. The lowest BCUT2D eigenvalue weighted by atomic mass is 10.1. The number of pyridine rings is 1. The molecule has 0 atom stereocenters. The third kappa shape index (κ3) is 3.02. The monoisotopic (exact) mass is 263 g/mol. The van der Waals surface area contributed by atoms with Crippen molar-refractivity contribution in [3.63, 3.8) is 0 Å². The Morgan fingerprint density at radius 1 is 1.33 bits per heavy atom. The number of carbonyl (C=O) groups excluding carboxylic acids is 1. The molecule has 0 aromatic carbocycles. The van der Waals surface area contributed by atoms with E-state index in [-0.39, 0.29) is 5.91 Å². The molecule has 0 radical (unpaired) electrons. The van der Waals surface area contributed by atoms with Gasteiger partial charge in [0.25, 0.3) is 0 Å². The summed E-state index contributed by atoms with van der Waals surface area (Å²) in [5.41, 5.74) is 3.47. The number of aryl methyl sites for hydroxylation is 1. The summed E-state index contributed by atoms with van der Waals surface area (Å²) >= 11 is 1.32. The van der Waals surface area contributed by atoms with Crippen molar-refractivity contribution < 1.29 is 4.79 Å². The molecule has 18 heavy (non-hydrogen) atoms. The van der Waals surface area contributed by atoms with Crippen LogP contribution in [0, 0.1) is 32.1 Å². The first kappa shape index (κ1) is 14.5. The maximum absolute atomic E-state index is 11.5. The minimum atomic E-state index is 0.0153. The van der Waals surface area contributed by atoms with Crippen molar-refractivity contribution in [3.05, 3.63) is 22.4 Å². The van der Waals surface area contributed by atoms with Gasteiger partial charge in [-0.1, -0.05) is 11.8 Å². The highest BCUT2D eigenvalue weighted by Gasteiger charge is 2.14. The third-order valence-corrected chi connectivity index (χ3v) is 3.87. The summed E-state index contributed by atoms with van der Waals surface area (Å²) in [6, 6.07) is 2.18. The van der Waals surface area contributed by atoms with Crippen molar-refractivity contribution in [1.82, 2.24) is 9.88 Å². The van der Waals surface area contributed by atoms with Crippen LogP contribution < -0.4 is 0 Å². The van der Waals surface area contributed by atoms with Crippen LogP contribution in [0.3, 0.4) is 0 Å². The first-order valence-electron chi connectivity index (χ1n) is 5.59. The van der Waals surface area contributed by atoms with Gasteiger partial charge in [-0.15, -0.1) is 0 Å². The SMILES string of the molecule is Cc1nc(SCC(=O)N(C)C)c(C#N)c(C)c1C. The first-order valence-corrected chi connectivity index (χ1v) is 6.57. The molecule has 1 aromatic rings. The third-order valence-electron chi connectivity index (χ3n) is 2.91. The molecule has 0 saturated carbocycles. The number of amides is 1. The van der Waals surface area contributed by atoms with Gasteiger partial charge < -0.3 is 4.90 Å². The van der Waals surface area contributed by atoms with Gasteiger partial charge in [-0.05, 0) is 31.9 Å². The van der Waals surface area contributed by atoms with E-state index in [1.807, 2.05) is 20.8 Å². The number of hydrogen-bond donors (Lipinski definition) is 0. The van der Waals surface area contributed by atoms with Gasteiger partial charge in [0.2, 0.25) is 5.91 Å². The van der Waals surface area contributed by atoms with Crippen LogP contribution in [0.5, 0.6) is 0 Å². The summed E-state index contributed by atoms with van der Waals surface area (Å²) in [6.07, 6.45) is 0. The summed E-state index contributed by atoms with van der Waals surface area (Å²) in [4.78, 5) is 17.5. The average molecular weight is 263 g/mol. The molecule has 0 spiro atoms. The highest BCUT2D eigenvalue weighted by molar-refractivity contribution is 8.00. The Kier molecular flexibility index (Phi) is 4.74. The van der Waals surface area contributed by atoms with Crippen LogP contribution in [0.15, 0.2) is 5.03 Å². The van der Waals surface area contributed by atoms with Crippen molar-refractivity contribution in [2.24, 2.45) is 0 Å². The summed E-state index contributed by atoms with van der Waals surface area (Å²) in [5.74, 6) is 0.318. The van der Waals surface area contributed by atoms with E-state index in [2.05, 4.69) is 11.1 Å². The zero-order valence-electron chi connectivity index (χ0n) is 11.4. The molecule has 0 unspecified atom stereocenters. The Bertz CT molecular complexity index is 518. The molecule has 5 heteroatoms. The Balaban J connectivity index is 3.04. The topological polar surface area (TPSA) is 57.0 Å². The van der Waals surface area contributed by atoms with Crippen molar-refractivity contribution in [3.8, 4) is 6.07 Å². The minimum absolute atomic E-state index is 0.0153. The highest BCUT2D eigenvalue weighted by atomic mass is 32.2. The van der Waals surface area contributed by atoms with Crippen LogP contribution >= 0.6 is 11.8 Å². The van der Waals surface area contributed by atoms with Gasteiger partial charge >= 0.3 is 0 Å². The molecule has 1 heterocycles. The van der Waals surface area contributed by atoms with E-state index < -0.39 is 0 Å². The molecule has 0 aliphatic heterocycles. The van der Waals surface area contributed by atoms with Gasteiger partial charge in [-0.2, -0.15) is 5.26 Å². The number of hydrogen-bond acceptors (Lipinski definition) is 4. The lowest BCUT2D eigenvalue weighted by molar-refractivity contribution is -0.125. The molecule has 1 aromatic heterocycles. The van der Waals surface area contributed by atoms with E-state index in [4.69, 9.17) is 0 Å². The molecule has 0 fully saturated rings. The van der Waals surface area contributed by atoms with Crippen molar-refractivity contribution in [1.29, 1.82) is 5.26 Å². The average Bonchev–Trinajstić information content (AvgIpc) is 2.33. The lowest BCUT2D eigenvalue weighted by Crippen LogP contribution is -2.23. The second-order valence-corrected chi connectivity index (χ2v) is 5.28. The van der Waals surface area contributed by atoms with Crippen LogP contribution in [-0.4, -0.2) is 35.6 Å². The Labute approximate surface area is 112 Å². The molecule has 1 amide bonds. The van der Waals surface area contributed by atoms with Crippen molar-refractivity contribution >= 4 is 17.7 Å². The summed E-state index contributed by atoms with van der Waals surface area (Å²) in [5, 5.41) is 9.84. The van der Waals surface area contributed by atoms with Gasteiger partial charge in [-0.3, -0.25) is 4.79 Å². The summed E-state index contributed by atoms with van der Waals surface area (Å²) < 4.78 is 0. The van der Waals surface area contributed by atoms with Crippen LogP contribution in [0.2, 0.25) is 0 Å². The van der Waals surface area contributed by atoms with Gasteiger partial charge in [-0.25, -0.2) is 4.98 Å². The zero-order valence-corrected chi connectivity index (χ0v) is 12.2. The standard InChI is InChI=1S/C13H17N3OS/c1-8-9(2)11(6-14)13(15-10(8)3)18-7-12(17)16(4)5/h7H2,1-5H3. The van der Waals surface area contributed by atoms with Crippen LogP contribution in [0.1, 0.15) is 22.4 Å². The van der Waals surface area contributed by atoms with Crippen LogP contribution in [0.4, 0.5) is 0 Å². The fraction of sp³-hybridized carbons (Fsp3) is 0.462. The van der Waals surface area contributed by atoms with Crippen molar-refractivity contribution in [2.75, 3.05) is 19.8 Å². The second-order valence-electron chi connectivity index (χ2n) is 4.32. The van der Waals surface area contributed by atoms with Crippen LogP contribution in [-0.2, 0) is 4.79 Å². The molecule has 0 saturated heterocycles. The number of aromatic nitrogens is 1. The maximum Gasteiger partial charge on any atom is 0.232 e. The number of thioether (sulfide) groups is 1. The van der Waals surface area contributed by atoms with E-state index in [1.54, 1.807) is 14.1 Å².